The zero-order valence-electron chi connectivity index (χ0n) is 19.8. The average molecular weight is 504 g/mol. The number of hydrogen-bond donors (Lipinski definition) is 2. The zero-order valence-corrected chi connectivity index (χ0v) is 19.8. The first-order valence-electron chi connectivity index (χ1n) is 12.3. The first-order chi connectivity index (χ1) is 17.8. The molecule has 2 saturated carbocycles. The molecule has 3 aliphatic rings. The third-order valence-corrected chi connectivity index (χ3v) is 7.76. The predicted octanol–water partition coefficient (Wildman–Crippen LogP) is 4.73. The van der Waals surface area contributed by atoms with Crippen LogP contribution in [-0.4, -0.2) is 26.4 Å². The fraction of sp³-hybridized carbons (Fsp3) is 0.310. The van der Waals surface area contributed by atoms with E-state index in [0.717, 1.165) is 41.4 Å². The van der Waals surface area contributed by atoms with Gasteiger partial charge in [0.2, 0.25) is 6.17 Å². The van der Waals surface area contributed by atoms with Gasteiger partial charge in [0.15, 0.2) is 0 Å². The summed E-state index contributed by atoms with van der Waals surface area (Å²) in [5.74, 6) is 3.22. The lowest BCUT2D eigenvalue weighted by molar-refractivity contribution is -0.123. The molecule has 0 radical (unpaired) electrons. The molecule has 2 aromatic carbocycles. The summed E-state index contributed by atoms with van der Waals surface area (Å²) in [6.07, 6.45) is 4.53. The summed E-state index contributed by atoms with van der Waals surface area (Å²) in [5.41, 5.74) is 6.85. The Kier molecular flexibility index (Phi) is 5.50. The summed E-state index contributed by atoms with van der Waals surface area (Å²) < 4.78 is 44.2. The van der Waals surface area contributed by atoms with Crippen molar-refractivity contribution in [3.05, 3.63) is 88.3 Å². The quantitative estimate of drug-likeness (QED) is 0.505. The van der Waals surface area contributed by atoms with Gasteiger partial charge >= 0.3 is 0 Å². The molecule has 1 amide bonds. The first-order valence-corrected chi connectivity index (χ1v) is 12.3. The number of benzene rings is 2. The Morgan fingerprint density at radius 3 is 2.65 bits per heavy atom. The van der Waals surface area contributed by atoms with Crippen LogP contribution in [0.5, 0.6) is 0 Å². The van der Waals surface area contributed by atoms with E-state index < -0.39 is 29.1 Å². The Morgan fingerprint density at radius 1 is 1.19 bits per heavy atom. The van der Waals surface area contributed by atoms with Crippen molar-refractivity contribution in [1.82, 2.24) is 9.78 Å². The topological polar surface area (TPSA) is 81.1 Å². The predicted molar refractivity (Wildman–Crippen MR) is 131 cm³/mol. The summed E-state index contributed by atoms with van der Waals surface area (Å²) in [6.45, 7) is 0. The van der Waals surface area contributed by atoms with E-state index in [0.29, 0.717) is 18.8 Å². The van der Waals surface area contributed by atoms with Crippen LogP contribution in [-0.2, 0) is 4.79 Å². The van der Waals surface area contributed by atoms with Crippen LogP contribution < -0.4 is 5.73 Å². The molecule has 3 aromatic rings. The van der Waals surface area contributed by atoms with Gasteiger partial charge in [-0.05, 0) is 74.1 Å². The van der Waals surface area contributed by atoms with Crippen LogP contribution in [0.25, 0.3) is 11.8 Å². The summed E-state index contributed by atoms with van der Waals surface area (Å²) in [4.78, 5) is 11.4. The molecule has 37 heavy (non-hydrogen) atoms. The summed E-state index contributed by atoms with van der Waals surface area (Å²) in [6, 6.07) is 9.99. The van der Waals surface area contributed by atoms with Crippen molar-refractivity contribution in [2.24, 2.45) is 17.6 Å². The Bertz CT molecular complexity index is 1500. The number of nitrogens with zero attached hydrogens (tertiary/aromatic N) is 2. The molecule has 8 heteroatoms. The van der Waals surface area contributed by atoms with Crippen LogP contribution in [0.1, 0.15) is 60.2 Å². The van der Waals surface area contributed by atoms with Crippen molar-refractivity contribution in [2.45, 2.75) is 43.4 Å². The number of aromatic nitrogens is 2. The van der Waals surface area contributed by atoms with E-state index in [-0.39, 0.29) is 23.2 Å². The molecule has 188 valence electrons. The van der Waals surface area contributed by atoms with E-state index in [1.54, 1.807) is 16.8 Å². The number of hydrogen-bond acceptors (Lipinski definition) is 3. The second-order valence-electron chi connectivity index (χ2n) is 10.1. The number of carbonyl (C=O) groups is 1. The van der Waals surface area contributed by atoms with Gasteiger partial charge in [0.25, 0.3) is 5.91 Å². The smallest absolute Gasteiger partial charge is 0.256 e. The number of carbonyl (C=O) groups excluding carboxylic acids is 1. The van der Waals surface area contributed by atoms with Crippen molar-refractivity contribution >= 4 is 12.0 Å². The van der Waals surface area contributed by atoms with Crippen molar-refractivity contribution < 1.29 is 23.1 Å². The fourth-order valence-electron chi connectivity index (χ4n) is 5.90. The van der Waals surface area contributed by atoms with Gasteiger partial charge in [0.05, 0.1) is 17.6 Å². The van der Waals surface area contributed by atoms with Crippen molar-refractivity contribution in [1.29, 1.82) is 0 Å². The van der Waals surface area contributed by atoms with Gasteiger partial charge in [0.1, 0.15) is 17.2 Å². The molecule has 5 nitrogen and oxygen atoms in total. The van der Waals surface area contributed by atoms with E-state index in [2.05, 4.69) is 16.9 Å². The third kappa shape index (κ3) is 3.94. The SMILES string of the molecule is NC(=O)[C@H](F)c1c(F)cccc1C#C[C@@]1(O)CCC2=Cc3c(cnn3-c3ccc(F)cc3)C(C3CC3)[C@H]21. The van der Waals surface area contributed by atoms with Crippen LogP contribution in [0, 0.1) is 35.3 Å². The van der Waals surface area contributed by atoms with Gasteiger partial charge in [-0.15, -0.1) is 0 Å². The number of amides is 1. The number of rotatable bonds is 4. The van der Waals surface area contributed by atoms with Crippen molar-refractivity contribution in [2.75, 3.05) is 0 Å². The van der Waals surface area contributed by atoms with E-state index in [9.17, 15) is 23.1 Å². The second-order valence-corrected chi connectivity index (χ2v) is 10.1. The normalized spacial score (nSPS) is 24.9. The van der Waals surface area contributed by atoms with Crippen LogP contribution in [0.3, 0.4) is 0 Å². The van der Waals surface area contributed by atoms with Crippen molar-refractivity contribution in [3.8, 4) is 17.5 Å². The van der Waals surface area contributed by atoms with E-state index in [1.807, 2.05) is 12.3 Å². The fourth-order valence-corrected chi connectivity index (χ4v) is 5.90. The largest absolute Gasteiger partial charge is 0.377 e. The number of primary amides is 1. The highest BCUT2D eigenvalue weighted by molar-refractivity contribution is 5.81. The lowest BCUT2D eigenvalue weighted by Gasteiger charge is -2.35. The lowest BCUT2D eigenvalue weighted by Crippen LogP contribution is -2.38. The van der Waals surface area contributed by atoms with Gasteiger partial charge < -0.3 is 10.8 Å². The molecular formula is C29H24F3N3O2. The minimum atomic E-state index is -2.34. The molecule has 1 aromatic heterocycles. The molecular weight excluding hydrogens is 479 g/mol. The van der Waals surface area contributed by atoms with Gasteiger partial charge in [-0.25, -0.2) is 17.9 Å². The maximum Gasteiger partial charge on any atom is 0.256 e. The monoisotopic (exact) mass is 503 g/mol. The number of aliphatic hydroxyl groups is 1. The summed E-state index contributed by atoms with van der Waals surface area (Å²) in [5, 5.41) is 16.4. The molecule has 0 aliphatic heterocycles. The zero-order chi connectivity index (χ0) is 25.9. The Morgan fingerprint density at radius 2 is 1.95 bits per heavy atom. The highest BCUT2D eigenvalue weighted by Gasteiger charge is 2.54. The molecule has 0 bridgehead atoms. The van der Waals surface area contributed by atoms with Crippen molar-refractivity contribution in [3.63, 3.8) is 0 Å². The molecule has 2 fully saturated rings. The van der Waals surface area contributed by atoms with Gasteiger partial charge in [0, 0.05) is 28.5 Å². The van der Waals surface area contributed by atoms with Crippen LogP contribution in [0.4, 0.5) is 13.2 Å². The highest BCUT2D eigenvalue weighted by Crippen LogP contribution is 2.59. The molecule has 6 rings (SSSR count). The highest BCUT2D eigenvalue weighted by atomic mass is 19.1. The van der Waals surface area contributed by atoms with Gasteiger partial charge in [-0.2, -0.15) is 5.10 Å². The maximum atomic E-state index is 14.5. The Labute approximate surface area is 211 Å². The Hall–Kier alpha value is -3.83. The molecule has 3 N–H and O–H groups in total. The first kappa shape index (κ1) is 23.6. The standard InChI is InChI=1S/C29H24F3N3O2/c30-19-6-8-20(9-7-19)35-23-14-18-11-13-29(37,26(18)24(17-4-5-17)21(23)15-34-35)12-10-16-2-1-3-22(31)25(16)27(32)28(33)36/h1-3,6-9,14-15,17,24,26-27,37H,4-5,11,13H2,(H2,33,36)/t24?,26-,27+,29+/m0/s1. The molecule has 1 unspecified atom stereocenters. The molecule has 0 spiro atoms. The van der Waals surface area contributed by atoms with E-state index in [1.165, 1.54) is 24.3 Å². The van der Waals surface area contributed by atoms with Gasteiger partial charge in [-0.1, -0.05) is 23.5 Å². The second kappa shape index (κ2) is 8.63. The number of fused-ring (bicyclic) bond motifs is 2. The Balaban J connectivity index is 1.41. The number of halogens is 3. The molecule has 0 saturated heterocycles. The summed E-state index contributed by atoms with van der Waals surface area (Å²) >= 11 is 0. The third-order valence-electron chi connectivity index (χ3n) is 7.76. The molecule has 1 heterocycles. The average Bonchev–Trinajstić information content (AvgIpc) is 3.56. The minimum absolute atomic E-state index is 0.0132. The number of alkyl halides is 1. The minimum Gasteiger partial charge on any atom is -0.377 e. The van der Waals surface area contributed by atoms with E-state index in [4.69, 9.17) is 5.73 Å². The van der Waals surface area contributed by atoms with E-state index >= 15 is 0 Å². The van der Waals surface area contributed by atoms with Crippen LogP contribution in [0.15, 0.2) is 54.2 Å². The van der Waals surface area contributed by atoms with Gasteiger partial charge in [-0.3, -0.25) is 4.79 Å². The number of nitrogens with two attached hydrogens (primary N) is 1. The summed E-state index contributed by atoms with van der Waals surface area (Å²) in [7, 11) is 0. The molecule has 4 atom stereocenters. The van der Waals surface area contributed by atoms with Crippen LogP contribution >= 0.6 is 0 Å². The van der Waals surface area contributed by atoms with Crippen LogP contribution in [0.2, 0.25) is 0 Å². The molecule has 3 aliphatic carbocycles. The maximum absolute atomic E-state index is 14.5. The lowest BCUT2D eigenvalue weighted by atomic mass is 9.70.